The molecule has 0 atom stereocenters. The maximum absolute atomic E-state index is 9.02. The summed E-state index contributed by atoms with van der Waals surface area (Å²) in [6, 6.07) is 0. The Bertz CT molecular complexity index is 57.9. The highest BCUT2D eigenvalue weighted by atomic mass is 32.2. The van der Waals surface area contributed by atoms with E-state index in [0.717, 1.165) is 12.0 Å². The second kappa shape index (κ2) is 3.33. The summed E-state index contributed by atoms with van der Waals surface area (Å²) in [7, 11) is 0. The smallest absolute Gasteiger partial charge is 0.0600 e. The van der Waals surface area contributed by atoms with Crippen molar-refractivity contribution in [3.05, 3.63) is 0 Å². The molecule has 0 fully saturated rings. The lowest BCUT2D eigenvalue weighted by Gasteiger charge is -2.14. The highest BCUT2D eigenvalue weighted by Crippen LogP contribution is 2.09. The molecule has 0 aliphatic heterocycles. The largest absolute Gasteiger partial charge is 0.390 e. The van der Waals surface area contributed by atoms with Gasteiger partial charge < -0.3 is 9.66 Å². The topological polar surface area (TPSA) is 40.5 Å². The van der Waals surface area contributed by atoms with Crippen molar-refractivity contribution in [1.82, 2.24) is 0 Å². The molecule has 0 spiro atoms. The zero-order chi connectivity index (χ0) is 6.62. The Morgan fingerprint density at radius 2 is 2.00 bits per heavy atom. The molecular formula is C5H12O2S. The van der Waals surface area contributed by atoms with E-state index < -0.39 is 5.60 Å². The van der Waals surface area contributed by atoms with Crippen LogP contribution in [0.2, 0.25) is 0 Å². The molecule has 50 valence electrons. The van der Waals surface area contributed by atoms with Gasteiger partial charge in [-0.25, -0.2) is 0 Å². The van der Waals surface area contributed by atoms with Crippen molar-refractivity contribution >= 4 is 12.0 Å². The molecule has 0 aromatic heterocycles. The van der Waals surface area contributed by atoms with Crippen molar-refractivity contribution in [3.8, 4) is 0 Å². The molecule has 0 aromatic carbocycles. The van der Waals surface area contributed by atoms with Gasteiger partial charge in [0.1, 0.15) is 0 Å². The Morgan fingerprint density at radius 1 is 1.50 bits per heavy atom. The van der Waals surface area contributed by atoms with Crippen LogP contribution in [0, 0.1) is 0 Å². The molecule has 3 heteroatoms. The van der Waals surface area contributed by atoms with Crippen LogP contribution in [0.4, 0.5) is 0 Å². The van der Waals surface area contributed by atoms with E-state index in [9.17, 15) is 0 Å². The summed E-state index contributed by atoms with van der Waals surface area (Å²) in [5.41, 5.74) is -0.629. The molecule has 2 nitrogen and oxygen atoms in total. The first-order chi connectivity index (χ1) is 3.56. The van der Waals surface area contributed by atoms with Gasteiger partial charge in [0.25, 0.3) is 0 Å². The van der Waals surface area contributed by atoms with Gasteiger partial charge in [-0.05, 0) is 32.3 Å². The first-order valence-corrected chi connectivity index (χ1v) is 3.49. The SMILES string of the molecule is CC(C)(O)CCSO. The second-order valence-corrected chi connectivity index (χ2v) is 3.06. The van der Waals surface area contributed by atoms with Crippen molar-refractivity contribution in [1.29, 1.82) is 0 Å². The fraction of sp³-hybridized carbons (Fsp3) is 1.00. The lowest BCUT2D eigenvalue weighted by Crippen LogP contribution is -2.18. The van der Waals surface area contributed by atoms with Crippen LogP contribution in [0.5, 0.6) is 0 Å². The lowest BCUT2D eigenvalue weighted by atomic mass is 10.1. The van der Waals surface area contributed by atoms with Crippen LogP contribution >= 0.6 is 12.0 Å². The van der Waals surface area contributed by atoms with Crippen molar-refractivity contribution in [2.24, 2.45) is 0 Å². The molecule has 0 saturated carbocycles. The van der Waals surface area contributed by atoms with E-state index in [0.29, 0.717) is 12.2 Å². The van der Waals surface area contributed by atoms with Crippen molar-refractivity contribution in [2.75, 3.05) is 5.75 Å². The van der Waals surface area contributed by atoms with Crippen LogP contribution in [-0.4, -0.2) is 21.0 Å². The Labute approximate surface area is 54.1 Å². The highest BCUT2D eigenvalue weighted by molar-refractivity contribution is 7.93. The molecule has 0 heterocycles. The monoisotopic (exact) mass is 136 g/mol. The molecule has 0 radical (unpaired) electrons. The summed E-state index contributed by atoms with van der Waals surface area (Å²) in [6.45, 7) is 3.45. The van der Waals surface area contributed by atoms with E-state index in [4.69, 9.17) is 9.66 Å². The summed E-state index contributed by atoms with van der Waals surface area (Å²) < 4.78 is 8.24. The van der Waals surface area contributed by atoms with Crippen molar-refractivity contribution in [2.45, 2.75) is 25.9 Å². The van der Waals surface area contributed by atoms with Gasteiger partial charge in [-0.15, -0.1) is 0 Å². The molecule has 0 saturated heterocycles. The zero-order valence-electron chi connectivity index (χ0n) is 5.22. The highest BCUT2D eigenvalue weighted by Gasteiger charge is 2.10. The number of hydrogen-bond acceptors (Lipinski definition) is 3. The van der Waals surface area contributed by atoms with Crippen LogP contribution in [0.15, 0.2) is 0 Å². The standard InChI is InChI=1S/C5H12O2S/c1-5(2,6)3-4-8-7/h6-7H,3-4H2,1-2H3. The lowest BCUT2D eigenvalue weighted by molar-refractivity contribution is 0.0775. The van der Waals surface area contributed by atoms with Gasteiger partial charge in [0.15, 0.2) is 0 Å². The molecule has 2 N–H and O–H groups in total. The van der Waals surface area contributed by atoms with Crippen LogP contribution in [0.3, 0.4) is 0 Å². The molecule has 8 heavy (non-hydrogen) atoms. The van der Waals surface area contributed by atoms with Crippen molar-refractivity contribution < 1.29 is 9.66 Å². The Balaban J connectivity index is 3.11. The summed E-state index contributed by atoms with van der Waals surface area (Å²) >= 11 is 0.768. The van der Waals surface area contributed by atoms with Gasteiger partial charge in [0, 0.05) is 5.75 Å². The van der Waals surface area contributed by atoms with E-state index in [1.807, 2.05) is 0 Å². The van der Waals surface area contributed by atoms with Crippen LogP contribution in [-0.2, 0) is 0 Å². The average molecular weight is 136 g/mol. The minimum Gasteiger partial charge on any atom is -0.390 e. The third kappa shape index (κ3) is 6.27. The number of aliphatic hydroxyl groups is 1. The molecule has 0 bridgehead atoms. The van der Waals surface area contributed by atoms with Crippen LogP contribution in [0.1, 0.15) is 20.3 Å². The maximum atomic E-state index is 9.02. The maximum Gasteiger partial charge on any atom is 0.0600 e. The first-order valence-electron chi connectivity index (χ1n) is 2.55. The molecule has 0 aliphatic rings. The second-order valence-electron chi connectivity index (χ2n) is 2.40. The number of rotatable bonds is 3. The van der Waals surface area contributed by atoms with Gasteiger partial charge in [0.05, 0.1) is 5.60 Å². The summed E-state index contributed by atoms with van der Waals surface area (Å²) in [4.78, 5) is 0. The van der Waals surface area contributed by atoms with Gasteiger partial charge in [-0.2, -0.15) is 0 Å². The zero-order valence-corrected chi connectivity index (χ0v) is 6.03. The fourth-order valence-electron chi connectivity index (χ4n) is 0.295. The quantitative estimate of drug-likeness (QED) is 0.575. The molecule has 0 amide bonds. The molecular weight excluding hydrogens is 124 g/mol. The van der Waals surface area contributed by atoms with E-state index in [-0.39, 0.29) is 0 Å². The summed E-state index contributed by atoms with van der Waals surface area (Å²) in [6.07, 6.45) is 0.633. The summed E-state index contributed by atoms with van der Waals surface area (Å²) in [5.74, 6) is 0.601. The number of hydrogen-bond donors (Lipinski definition) is 2. The third-order valence-electron chi connectivity index (χ3n) is 0.805. The normalized spacial score (nSPS) is 12.0. The average Bonchev–Trinajstić information content (AvgIpc) is 1.59. The third-order valence-corrected chi connectivity index (χ3v) is 1.19. The van der Waals surface area contributed by atoms with Gasteiger partial charge in [0.2, 0.25) is 0 Å². The molecule has 0 unspecified atom stereocenters. The Morgan fingerprint density at radius 3 is 2.12 bits per heavy atom. The van der Waals surface area contributed by atoms with Gasteiger partial charge >= 0.3 is 0 Å². The van der Waals surface area contributed by atoms with Crippen LogP contribution < -0.4 is 0 Å². The fourth-order valence-corrected chi connectivity index (χ4v) is 0.886. The molecule has 0 aromatic rings. The van der Waals surface area contributed by atoms with E-state index in [1.54, 1.807) is 13.8 Å². The first kappa shape index (κ1) is 8.27. The van der Waals surface area contributed by atoms with E-state index in [2.05, 4.69) is 0 Å². The van der Waals surface area contributed by atoms with E-state index in [1.165, 1.54) is 0 Å². The predicted molar refractivity (Wildman–Crippen MR) is 36.0 cm³/mol. The van der Waals surface area contributed by atoms with Crippen molar-refractivity contribution in [3.63, 3.8) is 0 Å². The Kier molecular flexibility index (Phi) is 3.44. The minimum atomic E-state index is -0.629. The molecule has 0 aliphatic carbocycles. The van der Waals surface area contributed by atoms with Crippen LogP contribution in [0.25, 0.3) is 0 Å². The van der Waals surface area contributed by atoms with E-state index >= 15 is 0 Å². The minimum absolute atomic E-state index is 0.601. The van der Waals surface area contributed by atoms with Gasteiger partial charge in [-0.1, -0.05) is 0 Å². The Hall–Kier alpha value is 0.270. The predicted octanol–water partition coefficient (Wildman–Crippen LogP) is 1.35. The van der Waals surface area contributed by atoms with Gasteiger partial charge in [-0.3, -0.25) is 0 Å². The summed E-state index contributed by atoms with van der Waals surface area (Å²) in [5, 5.41) is 9.02. The molecule has 0 rings (SSSR count).